The van der Waals surface area contributed by atoms with Crippen LogP contribution in [0, 0.1) is 0 Å². The Labute approximate surface area is 118 Å². The number of rotatable bonds is 6. The Morgan fingerprint density at radius 2 is 2.16 bits per heavy atom. The van der Waals surface area contributed by atoms with Crippen molar-refractivity contribution in [2.45, 2.75) is 39.1 Å². The maximum absolute atomic E-state index is 12.5. The third kappa shape index (κ3) is 5.36. The number of ether oxygens (including phenoxy) is 1. The number of pyridine rings is 1. The average molecular weight is 341 g/mol. The molecule has 0 aliphatic heterocycles. The van der Waals surface area contributed by atoms with E-state index < -0.39 is 12.3 Å². The fourth-order valence-electron chi connectivity index (χ4n) is 1.34. The first kappa shape index (κ1) is 16.2. The predicted molar refractivity (Wildman–Crippen MR) is 70.1 cm³/mol. The van der Waals surface area contributed by atoms with Crippen LogP contribution in [0.3, 0.4) is 0 Å². The molecule has 108 valence electrons. The van der Waals surface area contributed by atoms with Crippen molar-refractivity contribution in [3.8, 4) is 5.88 Å². The number of aromatic nitrogens is 1. The molecule has 0 amide bonds. The maximum atomic E-state index is 12.5. The van der Waals surface area contributed by atoms with Gasteiger partial charge in [0, 0.05) is 22.8 Å². The summed E-state index contributed by atoms with van der Waals surface area (Å²) in [7, 11) is 0. The van der Waals surface area contributed by atoms with E-state index in [4.69, 9.17) is 4.74 Å². The fourth-order valence-corrected chi connectivity index (χ4v) is 1.71. The van der Waals surface area contributed by atoms with Crippen LogP contribution in [0.2, 0.25) is 0 Å². The van der Waals surface area contributed by atoms with E-state index in [1.54, 1.807) is 6.07 Å². The zero-order valence-corrected chi connectivity index (χ0v) is 12.3. The van der Waals surface area contributed by atoms with Gasteiger partial charge in [-0.3, -0.25) is 0 Å². The molecule has 0 aromatic carbocycles. The molecule has 1 N–H and O–H groups in total. The van der Waals surface area contributed by atoms with E-state index in [2.05, 4.69) is 26.2 Å². The zero-order valence-electron chi connectivity index (χ0n) is 10.7. The molecule has 1 atom stereocenters. The molecule has 0 saturated carbocycles. The van der Waals surface area contributed by atoms with Crippen molar-refractivity contribution >= 4 is 15.9 Å². The summed E-state index contributed by atoms with van der Waals surface area (Å²) in [5.74, 6) is 0.0108. The summed E-state index contributed by atoms with van der Waals surface area (Å²) in [5.41, 5.74) is 0.596. The first-order valence-corrected chi connectivity index (χ1v) is 6.72. The molecular formula is C12H16BrF3N2O. The average Bonchev–Trinajstić information content (AvgIpc) is 2.31. The van der Waals surface area contributed by atoms with Crippen LogP contribution in [0.5, 0.6) is 5.88 Å². The molecule has 1 unspecified atom stereocenters. The number of alkyl halides is 3. The van der Waals surface area contributed by atoms with Crippen molar-refractivity contribution in [2.24, 2.45) is 0 Å². The lowest BCUT2D eigenvalue weighted by Crippen LogP contribution is -2.32. The minimum atomic E-state index is -4.40. The van der Waals surface area contributed by atoms with Crippen LogP contribution < -0.4 is 10.1 Å². The predicted octanol–water partition coefficient (Wildman–Crippen LogP) is 3.67. The molecule has 0 bridgehead atoms. The molecule has 3 nitrogen and oxygen atoms in total. The zero-order chi connectivity index (χ0) is 14.5. The van der Waals surface area contributed by atoms with Crippen LogP contribution in [-0.2, 0) is 6.54 Å². The van der Waals surface area contributed by atoms with Gasteiger partial charge < -0.3 is 10.1 Å². The van der Waals surface area contributed by atoms with Gasteiger partial charge in [-0.1, -0.05) is 6.92 Å². The minimum Gasteiger partial charge on any atom is -0.465 e. The minimum absolute atomic E-state index is 0.0108. The molecule has 1 aromatic heterocycles. The summed E-state index contributed by atoms with van der Waals surface area (Å²) in [6.45, 7) is 4.17. The van der Waals surface area contributed by atoms with Gasteiger partial charge >= 0.3 is 6.18 Å². The smallest absolute Gasteiger partial charge is 0.425 e. The molecule has 0 fully saturated rings. The van der Waals surface area contributed by atoms with E-state index in [0.29, 0.717) is 16.6 Å². The maximum Gasteiger partial charge on any atom is 0.425 e. The summed E-state index contributed by atoms with van der Waals surface area (Å²) in [6.07, 6.45) is -3.92. The van der Waals surface area contributed by atoms with E-state index in [0.717, 1.165) is 19.9 Å². The monoisotopic (exact) mass is 340 g/mol. The van der Waals surface area contributed by atoms with Crippen LogP contribution in [-0.4, -0.2) is 23.8 Å². The largest absolute Gasteiger partial charge is 0.465 e. The Hall–Kier alpha value is -0.820. The standard InChI is InChI=1S/C12H16BrF3N2O/c1-3-4-17-6-9-5-10(13)7-18-11(9)19-8(2)12(14,15)16/h5,7-8,17H,3-4,6H2,1-2H3. The van der Waals surface area contributed by atoms with Gasteiger partial charge in [-0.05, 0) is 41.9 Å². The second-order valence-electron chi connectivity index (χ2n) is 4.10. The molecule has 0 aliphatic rings. The van der Waals surface area contributed by atoms with Gasteiger partial charge in [-0.25, -0.2) is 4.98 Å². The SMILES string of the molecule is CCCNCc1cc(Br)cnc1OC(C)C(F)(F)F. The molecule has 1 rings (SSSR count). The first-order valence-electron chi connectivity index (χ1n) is 5.93. The van der Waals surface area contributed by atoms with Crippen molar-refractivity contribution in [1.29, 1.82) is 0 Å². The number of nitrogens with one attached hydrogen (secondary N) is 1. The Morgan fingerprint density at radius 1 is 1.47 bits per heavy atom. The Kier molecular flexibility index (Phi) is 6.06. The number of hydrogen-bond acceptors (Lipinski definition) is 3. The summed E-state index contributed by atoms with van der Waals surface area (Å²) in [4.78, 5) is 3.90. The summed E-state index contributed by atoms with van der Waals surface area (Å²) in [6, 6.07) is 1.70. The topological polar surface area (TPSA) is 34.2 Å². The van der Waals surface area contributed by atoms with Crippen molar-refractivity contribution in [3.05, 3.63) is 22.3 Å². The molecule has 1 heterocycles. The van der Waals surface area contributed by atoms with Crippen LogP contribution >= 0.6 is 15.9 Å². The van der Waals surface area contributed by atoms with Crippen LogP contribution in [0.25, 0.3) is 0 Å². The lowest BCUT2D eigenvalue weighted by Gasteiger charge is -2.19. The third-order valence-electron chi connectivity index (χ3n) is 2.38. The lowest BCUT2D eigenvalue weighted by atomic mass is 10.2. The van der Waals surface area contributed by atoms with E-state index >= 15 is 0 Å². The number of halogens is 4. The van der Waals surface area contributed by atoms with Gasteiger partial charge in [0.2, 0.25) is 5.88 Å². The van der Waals surface area contributed by atoms with E-state index in [-0.39, 0.29) is 5.88 Å². The van der Waals surface area contributed by atoms with Crippen molar-refractivity contribution < 1.29 is 17.9 Å². The van der Waals surface area contributed by atoms with Crippen molar-refractivity contribution in [3.63, 3.8) is 0 Å². The fraction of sp³-hybridized carbons (Fsp3) is 0.583. The molecule has 7 heteroatoms. The molecule has 0 radical (unpaired) electrons. The highest BCUT2D eigenvalue weighted by Gasteiger charge is 2.38. The van der Waals surface area contributed by atoms with Crippen molar-refractivity contribution in [2.75, 3.05) is 6.54 Å². The van der Waals surface area contributed by atoms with E-state index in [9.17, 15) is 13.2 Å². The van der Waals surface area contributed by atoms with Crippen LogP contribution in [0.4, 0.5) is 13.2 Å². The summed E-state index contributed by atoms with van der Waals surface area (Å²) >= 11 is 3.24. The van der Waals surface area contributed by atoms with Gasteiger partial charge in [-0.2, -0.15) is 13.2 Å². The Bertz CT molecular complexity index is 412. The van der Waals surface area contributed by atoms with Crippen LogP contribution in [0.1, 0.15) is 25.8 Å². The molecule has 19 heavy (non-hydrogen) atoms. The highest BCUT2D eigenvalue weighted by Crippen LogP contribution is 2.27. The summed E-state index contributed by atoms with van der Waals surface area (Å²) in [5, 5.41) is 3.11. The second-order valence-corrected chi connectivity index (χ2v) is 5.01. The molecule has 1 aromatic rings. The van der Waals surface area contributed by atoms with Gasteiger partial charge in [-0.15, -0.1) is 0 Å². The quantitative estimate of drug-likeness (QED) is 0.802. The molecule has 0 spiro atoms. The first-order chi connectivity index (χ1) is 8.84. The third-order valence-corrected chi connectivity index (χ3v) is 2.82. The Morgan fingerprint density at radius 3 is 2.74 bits per heavy atom. The van der Waals surface area contributed by atoms with E-state index in [1.165, 1.54) is 6.20 Å². The van der Waals surface area contributed by atoms with Gasteiger partial charge in [0.05, 0.1) is 0 Å². The molecule has 0 aliphatic carbocycles. The number of hydrogen-bond donors (Lipinski definition) is 1. The van der Waals surface area contributed by atoms with Gasteiger partial charge in [0.15, 0.2) is 6.10 Å². The highest BCUT2D eigenvalue weighted by atomic mass is 79.9. The van der Waals surface area contributed by atoms with Gasteiger partial charge in [0.25, 0.3) is 0 Å². The lowest BCUT2D eigenvalue weighted by molar-refractivity contribution is -0.190. The number of nitrogens with zero attached hydrogens (tertiary/aromatic N) is 1. The molecular weight excluding hydrogens is 325 g/mol. The van der Waals surface area contributed by atoms with Gasteiger partial charge in [0.1, 0.15) is 0 Å². The summed E-state index contributed by atoms with van der Waals surface area (Å²) < 4.78 is 43.0. The molecule has 0 saturated heterocycles. The normalized spacial score (nSPS) is 13.4. The van der Waals surface area contributed by atoms with E-state index in [1.807, 2.05) is 6.92 Å². The highest BCUT2D eigenvalue weighted by molar-refractivity contribution is 9.10. The Balaban J connectivity index is 2.81. The second kappa shape index (κ2) is 7.09. The van der Waals surface area contributed by atoms with Crippen LogP contribution in [0.15, 0.2) is 16.7 Å². The van der Waals surface area contributed by atoms with Crippen molar-refractivity contribution in [1.82, 2.24) is 10.3 Å².